The van der Waals surface area contributed by atoms with Gasteiger partial charge in [-0.2, -0.15) is 5.10 Å². The molecule has 1 aromatic carbocycles. The van der Waals surface area contributed by atoms with Crippen LogP contribution < -0.4 is 10.6 Å². The summed E-state index contributed by atoms with van der Waals surface area (Å²) in [5, 5.41) is 14.0. The number of nitrogens with one attached hydrogen (secondary N) is 2. The molecule has 0 radical (unpaired) electrons. The van der Waals surface area contributed by atoms with Crippen LogP contribution in [0.25, 0.3) is 15.9 Å². The number of carbonyl (C=O) groups excluding carboxylic acids is 2. The van der Waals surface area contributed by atoms with Crippen molar-refractivity contribution in [3.8, 4) is 5.69 Å². The van der Waals surface area contributed by atoms with Gasteiger partial charge in [-0.05, 0) is 48.6 Å². The van der Waals surface area contributed by atoms with E-state index in [1.54, 1.807) is 6.07 Å². The highest BCUT2D eigenvalue weighted by Gasteiger charge is 2.18. The van der Waals surface area contributed by atoms with Gasteiger partial charge < -0.3 is 10.6 Å². The molecule has 31 heavy (non-hydrogen) atoms. The first-order valence-corrected chi connectivity index (χ1v) is 12.0. The van der Waals surface area contributed by atoms with E-state index in [1.165, 1.54) is 22.7 Å². The van der Waals surface area contributed by atoms with Crippen LogP contribution in [-0.2, 0) is 6.42 Å². The number of hydrogen-bond acceptors (Lipinski definition) is 5. The molecule has 0 bridgehead atoms. The SMILES string of the molecule is CCc1nn(-c2cccc(Cl)c2)c2sc(C(=O)NCCCNC(=O)c3cccs3)cc12. The molecular formula is C22H21ClN4O2S2. The van der Waals surface area contributed by atoms with Gasteiger partial charge in [0.1, 0.15) is 4.83 Å². The molecule has 4 rings (SSSR count). The van der Waals surface area contributed by atoms with Crippen molar-refractivity contribution in [2.75, 3.05) is 13.1 Å². The first-order chi connectivity index (χ1) is 15.1. The molecule has 0 aliphatic rings. The van der Waals surface area contributed by atoms with Gasteiger partial charge in [0.15, 0.2) is 0 Å². The van der Waals surface area contributed by atoms with Gasteiger partial charge in [0.05, 0.1) is 21.1 Å². The van der Waals surface area contributed by atoms with Crippen LogP contribution in [0.15, 0.2) is 47.8 Å². The van der Waals surface area contributed by atoms with E-state index in [0.717, 1.165) is 28.0 Å². The van der Waals surface area contributed by atoms with Crippen molar-refractivity contribution < 1.29 is 9.59 Å². The minimum atomic E-state index is -0.120. The lowest BCUT2D eigenvalue weighted by atomic mass is 10.2. The van der Waals surface area contributed by atoms with Crippen molar-refractivity contribution in [1.82, 2.24) is 20.4 Å². The number of aryl methyl sites for hydroxylation is 1. The van der Waals surface area contributed by atoms with Crippen molar-refractivity contribution >= 4 is 56.3 Å². The maximum atomic E-state index is 12.7. The number of fused-ring (bicyclic) bond motifs is 1. The van der Waals surface area contributed by atoms with E-state index in [1.807, 2.05) is 53.4 Å². The van der Waals surface area contributed by atoms with Crippen molar-refractivity contribution in [3.63, 3.8) is 0 Å². The minimum absolute atomic E-state index is 0.0801. The van der Waals surface area contributed by atoms with Gasteiger partial charge in [-0.1, -0.05) is 30.7 Å². The third kappa shape index (κ3) is 4.81. The highest BCUT2D eigenvalue weighted by molar-refractivity contribution is 7.20. The lowest BCUT2D eigenvalue weighted by Crippen LogP contribution is -2.29. The third-order valence-corrected chi connectivity index (χ3v) is 6.93. The van der Waals surface area contributed by atoms with Gasteiger partial charge in [0, 0.05) is 23.5 Å². The molecule has 0 aliphatic heterocycles. The van der Waals surface area contributed by atoms with Crippen LogP contribution in [0.1, 0.15) is 38.4 Å². The van der Waals surface area contributed by atoms with Crippen LogP contribution in [0, 0.1) is 0 Å². The zero-order valence-electron chi connectivity index (χ0n) is 16.9. The molecule has 0 saturated carbocycles. The van der Waals surface area contributed by atoms with E-state index in [9.17, 15) is 9.59 Å². The summed E-state index contributed by atoms with van der Waals surface area (Å²) >= 11 is 8.97. The Morgan fingerprint density at radius 2 is 1.84 bits per heavy atom. The molecule has 0 fully saturated rings. The Bertz CT molecular complexity index is 1210. The number of halogens is 1. The zero-order valence-corrected chi connectivity index (χ0v) is 19.2. The van der Waals surface area contributed by atoms with Gasteiger partial charge in [-0.3, -0.25) is 9.59 Å². The summed E-state index contributed by atoms with van der Waals surface area (Å²) in [7, 11) is 0. The fraction of sp³-hybridized carbons (Fsp3) is 0.227. The molecule has 160 valence electrons. The Hall–Kier alpha value is -2.68. The Balaban J connectivity index is 1.40. The Morgan fingerprint density at radius 3 is 2.52 bits per heavy atom. The topological polar surface area (TPSA) is 76.0 Å². The molecule has 2 N–H and O–H groups in total. The molecule has 0 atom stereocenters. The van der Waals surface area contributed by atoms with Crippen molar-refractivity contribution in [2.45, 2.75) is 19.8 Å². The average Bonchev–Trinajstić information content (AvgIpc) is 3.49. The lowest BCUT2D eigenvalue weighted by Gasteiger charge is -2.05. The maximum absolute atomic E-state index is 12.7. The summed E-state index contributed by atoms with van der Waals surface area (Å²) < 4.78 is 1.85. The first-order valence-electron chi connectivity index (χ1n) is 9.94. The molecule has 0 aliphatic carbocycles. The third-order valence-electron chi connectivity index (χ3n) is 4.72. The molecule has 3 aromatic heterocycles. The quantitative estimate of drug-likeness (QED) is 0.357. The van der Waals surface area contributed by atoms with Gasteiger partial charge in [-0.15, -0.1) is 22.7 Å². The lowest BCUT2D eigenvalue weighted by molar-refractivity contribution is 0.0956. The monoisotopic (exact) mass is 472 g/mol. The summed E-state index contributed by atoms with van der Waals surface area (Å²) in [4.78, 5) is 26.8. The van der Waals surface area contributed by atoms with Crippen LogP contribution in [-0.4, -0.2) is 34.7 Å². The Labute approximate surface area is 192 Å². The molecular weight excluding hydrogens is 452 g/mol. The molecule has 3 heterocycles. The first kappa shape index (κ1) is 21.5. The van der Waals surface area contributed by atoms with Gasteiger partial charge >= 0.3 is 0 Å². The van der Waals surface area contributed by atoms with Gasteiger partial charge in [0.25, 0.3) is 11.8 Å². The number of thiophene rings is 2. The average molecular weight is 473 g/mol. The number of carbonyl (C=O) groups is 2. The van der Waals surface area contributed by atoms with E-state index in [2.05, 4.69) is 10.6 Å². The van der Waals surface area contributed by atoms with Crippen LogP contribution >= 0.6 is 34.3 Å². The molecule has 2 amide bonds. The fourth-order valence-corrected chi connectivity index (χ4v) is 5.09. The number of amides is 2. The number of rotatable bonds is 8. The molecule has 0 unspecified atom stereocenters. The summed E-state index contributed by atoms with van der Waals surface area (Å²) in [5.74, 6) is -0.200. The molecule has 4 aromatic rings. The van der Waals surface area contributed by atoms with Gasteiger partial charge in [-0.25, -0.2) is 4.68 Å². The Morgan fingerprint density at radius 1 is 1.06 bits per heavy atom. The zero-order chi connectivity index (χ0) is 21.8. The predicted molar refractivity (Wildman–Crippen MR) is 127 cm³/mol. The van der Waals surface area contributed by atoms with Crippen molar-refractivity contribution in [2.24, 2.45) is 0 Å². The summed E-state index contributed by atoms with van der Waals surface area (Å²) in [6.07, 6.45) is 1.43. The second-order valence-electron chi connectivity index (χ2n) is 6.86. The second kappa shape index (κ2) is 9.64. The smallest absolute Gasteiger partial charge is 0.261 e. The van der Waals surface area contributed by atoms with E-state index in [4.69, 9.17) is 16.7 Å². The number of benzene rings is 1. The van der Waals surface area contributed by atoms with Crippen LogP contribution in [0.5, 0.6) is 0 Å². The molecule has 0 saturated heterocycles. The number of hydrogen-bond donors (Lipinski definition) is 2. The largest absolute Gasteiger partial charge is 0.351 e. The van der Waals surface area contributed by atoms with E-state index < -0.39 is 0 Å². The maximum Gasteiger partial charge on any atom is 0.261 e. The summed E-state index contributed by atoms with van der Waals surface area (Å²) in [5.41, 5.74) is 1.81. The van der Waals surface area contributed by atoms with Crippen molar-refractivity contribution in [1.29, 1.82) is 0 Å². The molecule has 0 spiro atoms. The minimum Gasteiger partial charge on any atom is -0.351 e. The Kier molecular flexibility index (Phi) is 6.70. The van der Waals surface area contributed by atoms with E-state index in [0.29, 0.717) is 34.3 Å². The van der Waals surface area contributed by atoms with Crippen LogP contribution in [0.3, 0.4) is 0 Å². The van der Waals surface area contributed by atoms with Crippen LogP contribution in [0.4, 0.5) is 0 Å². The fourth-order valence-electron chi connectivity index (χ4n) is 3.20. The highest BCUT2D eigenvalue weighted by atomic mass is 35.5. The highest BCUT2D eigenvalue weighted by Crippen LogP contribution is 2.31. The van der Waals surface area contributed by atoms with Crippen LogP contribution in [0.2, 0.25) is 5.02 Å². The molecule has 9 heteroatoms. The standard InChI is InChI=1S/C22H21ClN4O2S2/c1-2-17-16-13-19(31-22(16)27(26-17)15-7-3-6-14(23)12-15)21(29)25-10-5-9-24-20(28)18-8-4-11-30-18/h3-4,6-8,11-13H,2,5,9-10H2,1H3,(H,24,28)(H,25,29). The van der Waals surface area contributed by atoms with E-state index >= 15 is 0 Å². The predicted octanol–water partition coefficient (Wildman–Crippen LogP) is 4.91. The summed E-state index contributed by atoms with van der Waals surface area (Å²) in [6, 6.07) is 13.1. The summed E-state index contributed by atoms with van der Waals surface area (Å²) in [6.45, 7) is 3.04. The normalized spacial score (nSPS) is 11.0. The van der Waals surface area contributed by atoms with Gasteiger partial charge in [0.2, 0.25) is 0 Å². The van der Waals surface area contributed by atoms with E-state index in [-0.39, 0.29) is 11.8 Å². The number of nitrogens with zero attached hydrogens (tertiary/aromatic N) is 2. The van der Waals surface area contributed by atoms with Crippen molar-refractivity contribution in [3.05, 3.63) is 68.3 Å². The molecule has 6 nitrogen and oxygen atoms in total. The number of aromatic nitrogens is 2. The second-order valence-corrected chi connectivity index (χ2v) is 9.28.